The number of rotatable bonds is 1. The highest BCUT2D eigenvalue weighted by atomic mass is 16.3. The van der Waals surface area contributed by atoms with Gasteiger partial charge in [-0.2, -0.15) is 0 Å². The molecule has 0 radical (unpaired) electrons. The van der Waals surface area contributed by atoms with Gasteiger partial charge in [-0.1, -0.05) is 0 Å². The van der Waals surface area contributed by atoms with Gasteiger partial charge in [0.2, 0.25) is 5.65 Å². The zero-order chi connectivity index (χ0) is 15.1. The van der Waals surface area contributed by atoms with Crippen LogP contribution in [-0.2, 0) is 0 Å². The Hall–Kier alpha value is -2.63. The second-order valence-corrected chi connectivity index (χ2v) is 5.61. The number of carbonyl (C=O) groups is 1. The fraction of sp³-hybridized carbons (Fsp3) is 0.312. The number of aromatic hydroxyl groups is 1. The molecule has 1 saturated heterocycles. The summed E-state index contributed by atoms with van der Waals surface area (Å²) in [6, 6.07) is 5.41. The van der Waals surface area contributed by atoms with Crippen LogP contribution in [0.4, 0.5) is 0 Å². The quantitative estimate of drug-likeness (QED) is 0.747. The lowest BCUT2D eigenvalue weighted by Gasteiger charge is -2.26. The maximum absolute atomic E-state index is 12.6. The van der Waals surface area contributed by atoms with E-state index < -0.39 is 0 Å². The normalized spacial score (nSPS) is 15.5. The molecule has 0 unspecified atom stereocenters. The maximum atomic E-state index is 12.6. The molecular weight excluding hydrogens is 280 g/mol. The summed E-state index contributed by atoms with van der Waals surface area (Å²) < 4.78 is 1.77. The van der Waals surface area contributed by atoms with Crippen LogP contribution in [0.5, 0.6) is 5.88 Å². The van der Waals surface area contributed by atoms with Crippen molar-refractivity contribution in [3.8, 4) is 5.88 Å². The van der Waals surface area contributed by atoms with Crippen molar-refractivity contribution in [2.75, 3.05) is 13.1 Å². The standard InChI is InChI=1S/C16H16N4O2/c21-15-14-17-6-9-20(14)13-5-4-11(10-12(13)18-15)16(22)19-7-2-1-3-8-19/h4-6,9-10H,1-3,7-8H2,(H,18,21). The topological polar surface area (TPSA) is 70.7 Å². The van der Waals surface area contributed by atoms with E-state index in [0.717, 1.165) is 31.4 Å². The third-order valence-electron chi connectivity index (χ3n) is 4.19. The fourth-order valence-electron chi connectivity index (χ4n) is 3.06. The van der Waals surface area contributed by atoms with Gasteiger partial charge in [0.15, 0.2) is 0 Å². The Morgan fingerprint density at radius 3 is 2.82 bits per heavy atom. The van der Waals surface area contributed by atoms with Gasteiger partial charge in [0.1, 0.15) is 0 Å². The Bertz CT molecular complexity index is 865. The fourth-order valence-corrected chi connectivity index (χ4v) is 3.06. The van der Waals surface area contributed by atoms with Crippen molar-refractivity contribution < 1.29 is 9.90 Å². The van der Waals surface area contributed by atoms with Gasteiger partial charge < -0.3 is 10.0 Å². The van der Waals surface area contributed by atoms with Crippen molar-refractivity contribution in [3.05, 3.63) is 36.2 Å². The molecule has 6 nitrogen and oxygen atoms in total. The van der Waals surface area contributed by atoms with Gasteiger partial charge in [-0.3, -0.25) is 9.20 Å². The smallest absolute Gasteiger partial charge is 0.256 e. The van der Waals surface area contributed by atoms with Crippen LogP contribution in [0.25, 0.3) is 16.7 Å². The molecule has 0 saturated carbocycles. The first-order valence-corrected chi connectivity index (χ1v) is 7.49. The summed E-state index contributed by atoms with van der Waals surface area (Å²) in [5, 5.41) is 9.95. The molecule has 1 aliphatic heterocycles. The lowest BCUT2D eigenvalue weighted by atomic mass is 10.1. The molecule has 0 atom stereocenters. The van der Waals surface area contributed by atoms with E-state index in [1.165, 1.54) is 6.42 Å². The number of hydrogen-bond acceptors (Lipinski definition) is 4. The molecule has 0 spiro atoms. The van der Waals surface area contributed by atoms with E-state index in [4.69, 9.17) is 0 Å². The third-order valence-corrected chi connectivity index (χ3v) is 4.19. The van der Waals surface area contributed by atoms with E-state index in [9.17, 15) is 9.90 Å². The second-order valence-electron chi connectivity index (χ2n) is 5.61. The molecule has 22 heavy (non-hydrogen) atoms. The molecule has 3 aromatic rings. The number of aromatic nitrogens is 3. The summed E-state index contributed by atoms with van der Waals surface area (Å²) in [4.78, 5) is 22.7. The monoisotopic (exact) mass is 296 g/mol. The first kappa shape index (κ1) is 13.1. The summed E-state index contributed by atoms with van der Waals surface area (Å²) in [7, 11) is 0. The molecule has 6 heteroatoms. The summed E-state index contributed by atoms with van der Waals surface area (Å²) >= 11 is 0. The van der Waals surface area contributed by atoms with Crippen LogP contribution in [0.3, 0.4) is 0 Å². The molecule has 1 aromatic carbocycles. The van der Waals surface area contributed by atoms with Crippen LogP contribution >= 0.6 is 0 Å². The van der Waals surface area contributed by atoms with E-state index in [1.54, 1.807) is 22.9 Å². The highest BCUT2D eigenvalue weighted by molar-refractivity contribution is 5.97. The van der Waals surface area contributed by atoms with E-state index >= 15 is 0 Å². The van der Waals surface area contributed by atoms with Crippen LogP contribution in [0, 0.1) is 0 Å². The van der Waals surface area contributed by atoms with Gasteiger partial charge in [-0.25, -0.2) is 9.97 Å². The first-order chi connectivity index (χ1) is 10.7. The third kappa shape index (κ3) is 1.99. The van der Waals surface area contributed by atoms with Crippen LogP contribution in [-0.4, -0.2) is 43.4 Å². The summed E-state index contributed by atoms with van der Waals surface area (Å²) in [5.41, 5.74) is 2.44. The molecule has 4 rings (SSSR count). The molecule has 112 valence electrons. The average molecular weight is 296 g/mol. The molecule has 3 heterocycles. The number of piperidine rings is 1. The van der Waals surface area contributed by atoms with Gasteiger partial charge in [0.25, 0.3) is 11.8 Å². The molecule has 0 bridgehead atoms. The summed E-state index contributed by atoms with van der Waals surface area (Å²) in [6.07, 6.45) is 6.70. The van der Waals surface area contributed by atoms with E-state index in [2.05, 4.69) is 9.97 Å². The number of hydrogen-bond donors (Lipinski definition) is 1. The molecule has 1 amide bonds. The first-order valence-electron chi connectivity index (χ1n) is 7.49. The average Bonchev–Trinajstić information content (AvgIpc) is 3.05. The van der Waals surface area contributed by atoms with Crippen LogP contribution in [0.15, 0.2) is 30.6 Å². The van der Waals surface area contributed by atoms with Crippen molar-refractivity contribution in [2.24, 2.45) is 0 Å². The van der Waals surface area contributed by atoms with Crippen LogP contribution < -0.4 is 0 Å². The van der Waals surface area contributed by atoms with E-state index in [-0.39, 0.29) is 11.8 Å². The minimum absolute atomic E-state index is 0.0358. The Morgan fingerprint density at radius 2 is 2.00 bits per heavy atom. The minimum atomic E-state index is -0.125. The number of nitrogens with zero attached hydrogens (tertiary/aromatic N) is 4. The zero-order valence-electron chi connectivity index (χ0n) is 12.1. The van der Waals surface area contributed by atoms with Gasteiger partial charge in [0, 0.05) is 31.0 Å². The number of carbonyl (C=O) groups excluding carboxylic acids is 1. The molecule has 1 fully saturated rings. The van der Waals surface area contributed by atoms with Crippen LogP contribution in [0.1, 0.15) is 29.6 Å². The van der Waals surface area contributed by atoms with Gasteiger partial charge >= 0.3 is 0 Å². The lowest BCUT2D eigenvalue weighted by molar-refractivity contribution is 0.0724. The van der Waals surface area contributed by atoms with Gasteiger partial charge in [-0.15, -0.1) is 0 Å². The predicted molar refractivity (Wildman–Crippen MR) is 81.9 cm³/mol. The van der Waals surface area contributed by atoms with Gasteiger partial charge in [-0.05, 0) is 37.5 Å². The Balaban J connectivity index is 1.80. The molecule has 1 N–H and O–H groups in total. The summed E-state index contributed by atoms with van der Waals surface area (Å²) in [5.74, 6) is -0.0892. The van der Waals surface area contributed by atoms with Crippen molar-refractivity contribution >= 4 is 22.6 Å². The number of likely N-dealkylation sites (tertiary alicyclic amines) is 1. The lowest BCUT2D eigenvalue weighted by Crippen LogP contribution is -2.35. The molecule has 1 aliphatic rings. The van der Waals surface area contributed by atoms with Crippen molar-refractivity contribution in [1.29, 1.82) is 0 Å². The number of benzene rings is 1. The molecular formula is C16H16N4O2. The SMILES string of the molecule is O=C(c1ccc2c(c1)nc(O)c1nccn12)N1CCCCC1. The largest absolute Gasteiger partial charge is 0.491 e. The Kier molecular flexibility index (Phi) is 2.96. The molecule has 2 aromatic heterocycles. The number of amides is 1. The molecule has 0 aliphatic carbocycles. The number of fused-ring (bicyclic) bond motifs is 3. The maximum Gasteiger partial charge on any atom is 0.256 e. The van der Waals surface area contributed by atoms with Crippen molar-refractivity contribution in [1.82, 2.24) is 19.3 Å². The highest BCUT2D eigenvalue weighted by Gasteiger charge is 2.19. The predicted octanol–water partition coefficient (Wildman–Crippen LogP) is 2.21. The Morgan fingerprint density at radius 1 is 1.18 bits per heavy atom. The second kappa shape index (κ2) is 4.98. The zero-order valence-corrected chi connectivity index (χ0v) is 12.1. The Labute approximate surface area is 127 Å². The number of imidazole rings is 1. The minimum Gasteiger partial charge on any atom is -0.491 e. The van der Waals surface area contributed by atoms with E-state index in [0.29, 0.717) is 16.7 Å². The van der Waals surface area contributed by atoms with Gasteiger partial charge in [0.05, 0.1) is 11.0 Å². The van der Waals surface area contributed by atoms with E-state index in [1.807, 2.05) is 17.0 Å². The van der Waals surface area contributed by atoms with Crippen LogP contribution in [0.2, 0.25) is 0 Å². The van der Waals surface area contributed by atoms with Crippen molar-refractivity contribution in [3.63, 3.8) is 0 Å². The summed E-state index contributed by atoms with van der Waals surface area (Å²) in [6.45, 7) is 1.63. The highest BCUT2D eigenvalue weighted by Crippen LogP contribution is 2.23. The van der Waals surface area contributed by atoms with Crippen molar-refractivity contribution in [2.45, 2.75) is 19.3 Å².